The molecule has 3 N–H and O–H groups in total. The molecule has 0 bridgehead atoms. The van der Waals surface area contributed by atoms with Crippen LogP contribution in [0.15, 0.2) is 84.0 Å². The van der Waals surface area contributed by atoms with E-state index in [4.69, 9.17) is 0 Å². The van der Waals surface area contributed by atoms with Crippen molar-refractivity contribution < 1.29 is 15.0 Å². The molecule has 3 aromatic rings. The molecule has 3 aromatic carbocycles. The molecule has 0 aromatic heterocycles. The smallest absolute Gasteiger partial charge is 0.241 e. The third-order valence-corrected chi connectivity index (χ3v) is 4.51. The van der Waals surface area contributed by atoms with Gasteiger partial charge in [0.15, 0.2) is 0 Å². The first-order valence-electron chi connectivity index (χ1n) is 9.00. The highest BCUT2D eigenvalue weighted by atomic mass is 16.3. The second kappa shape index (κ2) is 8.86. The molecule has 0 aliphatic rings. The molecule has 0 heterocycles. The van der Waals surface area contributed by atoms with Crippen molar-refractivity contribution in [1.82, 2.24) is 5.43 Å². The number of nitrogens with one attached hydrogen (secondary N) is 1. The Hall–Kier alpha value is -3.60. The van der Waals surface area contributed by atoms with Gasteiger partial charge in [0.2, 0.25) is 5.91 Å². The summed E-state index contributed by atoms with van der Waals surface area (Å²) < 4.78 is 0. The van der Waals surface area contributed by atoms with Crippen molar-refractivity contribution in [3.8, 4) is 11.5 Å². The third-order valence-electron chi connectivity index (χ3n) is 4.51. The topological polar surface area (TPSA) is 81.9 Å². The maximum absolute atomic E-state index is 12.6. The van der Waals surface area contributed by atoms with Crippen LogP contribution in [0, 0.1) is 0 Å². The summed E-state index contributed by atoms with van der Waals surface area (Å²) in [6.07, 6.45) is 0.233. The van der Waals surface area contributed by atoms with E-state index < -0.39 is 0 Å². The molecule has 0 unspecified atom stereocenters. The number of amides is 1. The molecule has 142 valence electrons. The predicted octanol–water partition coefficient (Wildman–Crippen LogP) is 4.16. The largest absolute Gasteiger partial charge is 0.508 e. The van der Waals surface area contributed by atoms with Gasteiger partial charge in [-0.3, -0.25) is 4.79 Å². The first-order valence-corrected chi connectivity index (χ1v) is 9.00. The van der Waals surface area contributed by atoms with Crippen molar-refractivity contribution in [3.05, 3.63) is 95.6 Å². The number of phenols is 2. The Morgan fingerprint density at radius 1 is 0.929 bits per heavy atom. The van der Waals surface area contributed by atoms with Gasteiger partial charge in [0.25, 0.3) is 0 Å². The lowest BCUT2D eigenvalue weighted by molar-refractivity contribution is -0.121. The summed E-state index contributed by atoms with van der Waals surface area (Å²) in [6, 6.07) is 23.9. The molecular weight excluding hydrogens is 352 g/mol. The van der Waals surface area contributed by atoms with E-state index in [-0.39, 0.29) is 29.7 Å². The van der Waals surface area contributed by atoms with Crippen LogP contribution < -0.4 is 5.43 Å². The fourth-order valence-corrected chi connectivity index (χ4v) is 3.05. The van der Waals surface area contributed by atoms with E-state index in [9.17, 15) is 15.0 Å². The highest BCUT2D eigenvalue weighted by Gasteiger charge is 2.18. The molecule has 28 heavy (non-hydrogen) atoms. The van der Waals surface area contributed by atoms with E-state index >= 15 is 0 Å². The molecule has 1 amide bonds. The Bertz CT molecular complexity index is 930. The summed E-state index contributed by atoms with van der Waals surface area (Å²) in [4.78, 5) is 12.6. The minimum atomic E-state index is -0.239. The summed E-state index contributed by atoms with van der Waals surface area (Å²) in [5, 5.41) is 23.6. The van der Waals surface area contributed by atoms with Crippen LogP contribution in [-0.2, 0) is 4.79 Å². The van der Waals surface area contributed by atoms with Crippen LogP contribution in [0.25, 0.3) is 0 Å². The molecule has 0 fully saturated rings. The van der Waals surface area contributed by atoms with Crippen molar-refractivity contribution in [2.75, 3.05) is 0 Å². The molecule has 0 saturated heterocycles. The van der Waals surface area contributed by atoms with Crippen LogP contribution >= 0.6 is 0 Å². The van der Waals surface area contributed by atoms with Crippen molar-refractivity contribution in [3.63, 3.8) is 0 Å². The normalized spacial score (nSPS) is 11.4. The van der Waals surface area contributed by atoms with Gasteiger partial charge in [-0.1, -0.05) is 60.7 Å². The van der Waals surface area contributed by atoms with Crippen LogP contribution in [-0.4, -0.2) is 21.8 Å². The monoisotopic (exact) mass is 374 g/mol. The van der Waals surface area contributed by atoms with E-state index in [2.05, 4.69) is 10.5 Å². The van der Waals surface area contributed by atoms with Crippen LogP contribution in [0.1, 0.15) is 36.0 Å². The molecule has 0 atom stereocenters. The lowest BCUT2D eigenvalue weighted by atomic mass is 9.88. The number of benzene rings is 3. The van der Waals surface area contributed by atoms with Crippen LogP contribution in [0.2, 0.25) is 0 Å². The third kappa shape index (κ3) is 4.76. The number of hydrogen-bond donors (Lipinski definition) is 3. The Labute approximate surface area is 164 Å². The molecule has 0 aliphatic carbocycles. The Balaban J connectivity index is 1.76. The van der Waals surface area contributed by atoms with Crippen molar-refractivity contribution >= 4 is 11.6 Å². The highest BCUT2D eigenvalue weighted by Crippen LogP contribution is 2.28. The Morgan fingerprint density at radius 3 is 2.07 bits per heavy atom. The van der Waals surface area contributed by atoms with Gasteiger partial charge < -0.3 is 10.2 Å². The summed E-state index contributed by atoms with van der Waals surface area (Å²) in [5.74, 6) is -0.328. The number of hydrazone groups is 1. The van der Waals surface area contributed by atoms with Crippen LogP contribution in [0.3, 0.4) is 0 Å². The van der Waals surface area contributed by atoms with E-state index in [1.165, 1.54) is 18.2 Å². The molecule has 0 saturated carbocycles. The number of nitrogens with zero attached hydrogens (tertiary/aromatic N) is 1. The number of carbonyl (C=O) groups is 1. The maximum Gasteiger partial charge on any atom is 0.241 e. The summed E-state index contributed by atoms with van der Waals surface area (Å²) in [7, 11) is 0. The highest BCUT2D eigenvalue weighted by molar-refractivity contribution is 6.01. The molecule has 5 heteroatoms. The Kier molecular flexibility index (Phi) is 6.07. The fraction of sp³-hybridized carbons (Fsp3) is 0.130. The first kappa shape index (κ1) is 19.2. The SMILES string of the molecule is C/C(=N/NC(=O)CC(c1ccccc1)c1ccccc1)c1cc(O)ccc1O. The van der Waals surface area contributed by atoms with Gasteiger partial charge >= 0.3 is 0 Å². The van der Waals surface area contributed by atoms with Gasteiger partial charge in [-0.2, -0.15) is 5.10 Å². The van der Waals surface area contributed by atoms with Gasteiger partial charge in [-0.05, 0) is 36.2 Å². The van der Waals surface area contributed by atoms with Crippen LogP contribution in [0.5, 0.6) is 11.5 Å². The predicted molar refractivity (Wildman–Crippen MR) is 109 cm³/mol. The quantitative estimate of drug-likeness (QED) is 0.344. The van der Waals surface area contributed by atoms with E-state index in [1.54, 1.807) is 6.92 Å². The van der Waals surface area contributed by atoms with Gasteiger partial charge in [0.05, 0.1) is 5.71 Å². The number of rotatable bonds is 6. The van der Waals surface area contributed by atoms with E-state index in [1.807, 2.05) is 60.7 Å². The number of aromatic hydroxyl groups is 2. The lowest BCUT2D eigenvalue weighted by Crippen LogP contribution is -2.22. The molecule has 3 rings (SSSR count). The molecule has 0 spiro atoms. The molecule has 5 nitrogen and oxygen atoms in total. The average molecular weight is 374 g/mol. The first-order chi connectivity index (χ1) is 13.5. The van der Waals surface area contributed by atoms with Gasteiger partial charge in [-0.25, -0.2) is 5.43 Å². The second-order valence-corrected chi connectivity index (χ2v) is 6.51. The standard InChI is InChI=1S/C23H22N2O3/c1-16(20-14-19(26)12-13-22(20)27)24-25-23(28)15-21(17-8-4-2-5-9-17)18-10-6-3-7-11-18/h2-14,21,26-27H,15H2,1H3,(H,25,28)/b24-16-. The van der Waals surface area contributed by atoms with Crippen LogP contribution in [0.4, 0.5) is 0 Å². The summed E-state index contributed by atoms with van der Waals surface area (Å²) in [5.41, 5.74) is 5.42. The van der Waals surface area contributed by atoms with Gasteiger partial charge in [-0.15, -0.1) is 0 Å². The fourth-order valence-electron chi connectivity index (χ4n) is 3.05. The average Bonchev–Trinajstić information content (AvgIpc) is 2.73. The zero-order valence-electron chi connectivity index (χ0n) is 15.5. The number of carbonyl (C=O) groups excluding carboxylic acids is 1. The zero-order chi connectivity index (χ0) is 19.9. The van der Waals surface area contributed by atoms with E-state index in [0.717, 1.165) is 11.1 Å². The van der Waals surface area contributed by atoms with Crippen molar-refractivity contribution in [2.45, 2.75) is 19.3 Å². The van der Waals surface area contributed by atoms with Gasteiger partial charge in [0.1, 0.15) is 11.5 Å². The summed E-state index contributed by atoms with van der Waals surface area (Å²) in [6.45, 7) is 1.65. The Morgan fingerprint density at radius 2 is 1.50 bits per heavy atom. The number of phenolic OH excluding ortho intramolecular Hbond substituents is 2. The maximum atomic E-state index is 12.6. The minimum absolute atomic E-state index is 0.0141. The van der Waals surface area contributed by atoms with Gasteiger partial charge in [0, 0.05) is 17.9 Å². The molecule has 0 aliphatic heterocycles. The molecular formula is C23H22N2O3. The summed E-state index contributed by atoms with van der Waals surface area (Å²) >= 11 is 0. The zero-order valence-corrected chi connectivity index (χ0v) is 15.5. The molecule has 0 radical (unpaired) electrons. The van der Waals surface area contributed by atoms with Crippen molar-refractivity contribution in [1.29, 1.82) is 0 Å². The van der Waals surface area contributed by atoms with Crippen molar-refractivity contribution in [2.24, 2.45) is 5.10 Å². The van der Waals surface area contributed by atoms with E-state index in [0.29, 0.717) is 11.3 Å². The second-order valence-electron chi connectivity index (χ2n) is 6.51. The lowest BCUT2D eigenvalue weighted by Gasteiger charge is -2.17. The number of hydrogen-bond acceptors (Lipinski definition) is 4. The minimum Gasteiger partial charge on any atom is -0.508 e.